The predicted molar refractivity (Wildman–Crippen MR) is 125 cm³/mol. The minimum absolute atomic E-state index is 0.0201. The molecule has 1 amide bonds. The number of likely N-dealkylation sites (tertiary alicyclic amines) is 1. The molecule has 5 nitrogen and oxygen atoms in total. The molecule has 1 N–H and O–H groups in total. The molecule has 1 heterocycles. The highest BCUT2D eigenvalue weighted by Gasteiger charge is 2.48. The van der Waals surface area contributed by atoms with Crippen LogP contribution >= 0.6 is 11.6 Å². The molecule has 32 heavy (non-hydrogen) atoms. The Morgan fingerprint density at radius 1 is 1.09 bits per heavy atom. The van der Waals surface area contributed by atoms with Gasteiger partial charge in [0.05, 0.1) is 18.2 Å². The van der Waals surface area contributed by atoms with Crippen molar-refractivity contribution in [2.45, 2.75) is 58.0 Å². The van der Waals surface area contributed by atoms with Crippen LogP contribution in [0.25, 0.3) is 5.76 Å². The fourth-order valence-corrected chi connectivity index (χ4v) is 4.95. The third-order valence-electron chi connectivity index (χ3n) is 6.38. The fraction of sp³-hybridized carbons (Fsp3) is 0.385. The molecule has 0 radical (unpaired) electrons. The number of carbonyl (C=O) groups is 2. The minimum atomic E-state index is -0.639. The van der Waals surface area contributed by atoms with Gasteiger partial charge in [-0.3, -0.25) is 9.59 Å². The monoisotopic (exact) mass is 453 g/mol. The lowest BCUT2D eigenvalue weighted by Gasteiger charge is -2.35. The first-order chi connectivity index (χ1) is 15.4. The van der Waals surface area contributed by atoms with Crippen LogP contribution in [0.3, 0.4) is 0 Å². The predicted octanol–water partition coefficient (Wildman–Crippen LogP) is 5.80. The van der Waals surface area contributed by atoms with Crippen molar-refractivity contribution < 1.29 is 19.4 Å². The zero-order chi connectivity index (χ0) is 22.8. The molecular weight excluding hydrogens is 426 g/mol. The highest BCUT2D eigenvalue weighted by atomic mass is 35.5. The number of Topliss-reactive ketones (excluding diaryl/α,β-unsaturated/α-hetero) is 1. The summed E-state index contributed by atoms with van der Waals surface area (Å²) in [6, 6.07) is 11.8. The first kappa shape index (κ1) is 22.4. The summed E-state index contributed by atoms with van der Waals surface area (Å²) in [4.78, 5) is 28.1. The Bertz CT molecular complexity index is 1050. The van der Waals surface area contributed by atoms with Crippen LogP contribution in [0.2, 0.25) is 5.02 Å². The molecule has 4 rings (SSSR count). The summed E-state index contributed by atoms with van der Waals surface area (Å²) < 4.78 is 5.59. The third kappa shape index (κ3) is 4.14. The number of ether oxygens (including phenoxy) is 1. The molecule has 2 aromatic carbocycles. The Hall–Kier alpha value is -2.79. The van der Waals surface area contributed by atoms with E-state index in [1.54, 1.807) is 35.2 Å². The van der Waals surface area contributed by atoms with Crippen molar-refractivity contribution in [2.75, 3.05) is 6.61 Å². The lowest BCUT2D eigenvalue weighted by Crippen LogP contribution is -2.40. The standard InChI is InChI=1S/C26H28ClNO4/c1-3-32-21-14-11-18(15-16(21)2)24(29)22-23(17-9-12-19(27)13-10-17)28(26(31)25(22)30)20-7-5-4-6-8-20/h9-15,20,23,29H,3-8H2,1-2H3/b24-22-. The second-order valence-corrected chi connectivity index (χ2v) is 8.90. The molecule has 1 aliphatic carbocycles. The van der Waals surface area contributed by atoms with Crippen molar-refractivity contribution in [1.29, 1.82) is 0 Å². The van der Waals surface area contributed by atoms with E-state index in [0.29, 0.717) is 17.2 Å². The highest BCUT2D eigenvalue weighted by molar-refractivity contribution is 6.46. The third-order valence-corrected chi connectivity index (χ3v) is 6.63. The van der Waals surface area contributed by atoms with E-state index in [4.69, 9.17) is 16.3 Å². The smallest absolute Gasteiger partial charge is 0.295 e. The summed E-state index contributed by atoms with van der Waals surface area (Å²) in [7, 11) is 0. The van der Waals surface area contributed by atoms with E-state index in [2.05, 4.69) is 0 Å². The fourth-order valence-electron chi connectivity index (χ4n) is 4.83. The van der Waals surface area contributed by atoms with Crippen molar-refractivity contribution in [2.24, 2.45) is 0 Å². The van der Waals surface area contributed by atoms with Crippen molar-refractivity contribution in [3.8, 4) is 5.75 Å². The van der Waals surface area contributed by atoms with E-state index in [1.807, 2.05) is 26.0 Å². The summed E-state index contributed by atoms with van der Waals surface area (Å²) in [5.41, 5.74) is 2.24. The van der Waals surface area contributed by atoms with Gasteiger partial charge in [-0.15, -0.1) is 0 Å². The molecule has 2 aromatic rings. The molecule has 1 atom stereocenters. The van der Waals surface area contributed by atoms with Crippen LogP contribution in [0.15, 0.2) is 48.0 Å². The maximum atomic E-state index is 13.2. The molecule has 1 aliphatic heterocycles. The molecule has 1 saturated carbocycles. The van der Waals surface area contributed by atoms with Crippen molar-refractivity contribution >= 4 is 29.1 Å². The van der Waals surface area contributed by atoms with Crippen LogP contribution in [-0.4, -0.2) is 34.3 Å². The van der Waals surface area contributed by atoms with Crippen molar-refractivity contribution in [1.82, 2.24) is 4.90 Å². The Morgan fingerprint density at radius 2 is 1.78 bits per heavy atom. The van der Waals surface area contributed by atoms with E-state index < -0.39 is 17.7 Å². The molecule has 0 aromatic heterocycles. The summed E-state index contributed by atoms with van der Waals surface area (Å²) in [6.45, 7) is 4.33. The number of benzene rings is 2. The number of ketones is 1. The van der Waals surface area contributed by atoms with Crippen LogP contribution in [0.1, 0.15) is 61.8 Å². The number of rotatable bonds is 5. The number of carbonyl (C=O) groups excluding carboxylic acids is 2. The normalized spacial score (nSPS) is 21.2. The van der Waals surface area contributed by atoms with Gasteiger partial charge in [-0.2, -0.15) is 0 Å². The molecule has 2 fully saturated rings. The second kappa shape index (κ2) is 9.37. The van der Waals surface area contributed by atoms with Crippen molar-refractivity contribution in [3.05, 3.63) is 69.8 Å². The number of aliphatic hydroxyl groups excluding tert-OH is 1. The van der Waals surface area contributed by atoms with Crippen LogP contribution in [0.5, 0.6) is 5.75 Å². The number of halogens is 1. The first-order valence-electron chi connectivity index (χ1n) is 11.2. The number of hydrogen-bond donors (Lipinski definition) is 1. The largest absolute Gasteiger partial charge is 0.507 e. The number of nitrogens with zero attached hydrogens (tertiary/aromatic N) is 1. The molecule has 1 unspecified atom stereocenters. The average Bonchev–Trinajstić information content (AvgIpc) is 3.06. The maximum Gasteiger partial charge on any atom is 0.295 e. The van der Waals surface area contributed by atoms with Gasteiger partial charge in [-0.1, -0.05) is 43.0 Å². The molecule has 1 saturated heterocycles. The number of hydrogen-bond acceptors (Lipinski definition) is 4. The topological polar surface area (TPSA) is 66.8 Å². The first-order valence-corrected chi connectivity index (χ1v) is 11.6. The summed E-state index contributed by atoms with van der Waals surface area (Å²) in [5, 5.41) is 11.8. The Balaban J connectivity index is 1.84. The van der Waals surface area contributed by atoms with Crippen LogP contribution in [0.4, 0.5) is 0 Å². The number of aryl methyl sites for hydroxylation is 1. The summed E-state index contributed by atoms with van der Waals surface area (Å²) in [5.74, 6) is -0.616. The van der Waals surface area contributed by atoms with E-state index >= 15 is 0 Å². The second-order valence-electron chi connectivity index (χ2n) is 8.46. The summed E-state index contributed by atoms with van der Waals surface area (Å²) in [6.07, 6.45) is 4.91. The number of aliphatic hydroxyl groups is 1. The minimum Gasteiger partial charge on any atom is -0.507 e. The van der Waals surface area contributed by atoms with Gasteiger partial charge in [0, 0.05) is 16.6 Å². The van der Waals surface area contributed by atoms with Crippen LogP contribution < -0.4 is 4.74 Å². The number of amides is 1. The zero-order valence-corrected chi connectivity index (χ0v) is 19.2. The van der Waals surface area contributed by atoms with Gasteiger partial charge >= 0.3 is 0 Å². The van der Waals surface area contributed by atoms with Gasteiger partial charge in [0.2, 0.25) is 0 Å². The Morgan fingerprint density at radius 3 is 2.41 bits per heavy atom. The van der Waals surface area contributed by atoms with E-state index in [-0.39, 0.29) is 17.4 Å². The quantitative estimate of drug-likeness (QED) is 0.353. The average molecular weight is 454 g/mol. The maximum absolute atomic E-state index is 13.2. The zero-order valence-electron chi connectivity index (χ0n) is 18.4. The molecule has 2 aliphatic rings. The van der Waals surface area contributed by atoms with Crippen LogP contribution in [-0.2, 0) is 9.59 Å². The van der Waals surface area contributed by atoms with E-state index in [0.717, 1.165) is 49.0 Å². The highest BCUT2D eigenvalue weighted by Crippen LogP contribution is 2.43. The van der Waals surface area contributed by atoms with Gasteiger partial charge in [0.15, 0.2) is 0 Å². The molecule has 6 heteroatoms. The Labute approximate surface area is 193 Å². The molecule has 0 bridgehead atoms. The SMILES string of the molecule is CCOc1ccc(/C(O)=C2/C(=O)C(=O)N(C3CCCCC3)C2c2ccc(Cl)cc2)cc1C. The Kier molecular flexibility index (Phi) is 6.56. The van der Waals surface area contributed by atoms with E-state index in [9.17, 15) is 14.7 Å². The molecule has 168 valence electrons. The lowest BCUT2D eigenvalue weighted by molar-refractivity contribution is -0.141. The van der Waals surface area contributed by atoms with Gasteiger partial charge in [0.25, 0.3) is 11.7 Å². The summed E-state index contributed by atoms with van der Waals surface area (Å²) >= 11 is 6.09. The van der Waals surface area contributed by atoms with Crippen LogP contribution in [0, 0.1) is 6.92 Å². The van der Waals surface area contributed by atoms with Gasteiger partial charge in [-0.25, -0.2) is 0 Å². The van der Waals surface area contributed by atoms with Gasteiger partial charge in [0.1, 0.15) is 11.5 Å². The van der Waals surface area contributed by atoms with Gasteiger partial charge in [-0.05, 0) is 68.1 Å². The van der Waals surface area contributed by atoms with Gasteiger partial charge < -0.3 is 14.7 Å². The lowest BCUT2D eigenvalue weighted by atomic mass is 9.91. The molecule has 0 spiro atoms. The van der Waals surface area contributed by atoms with E-state index in [1.165, 1.54) is 0 Å². The van der Waals surface area contributed by atoms with Crippen molar-refractivity contribution in [3.63, 3.8) is 0 Å². The molecular formula is C26H28ClNO4.